The molecule has 2 atom stereocenters. The summed E-state index contributed by atoms with van der Waals surface area (Å²) in [7, 11) is 1.39. The number of aromatic hydroxyl groups is 1. The summed E-state index contributed by atoms with van der Waals surface area (Å²) in [5.41, 5.74) is 0.381. The van der Waals surface area contributed by atoms with Gasteiger partial charge in [0.25, 0.3) is 0 Å². The lowest BCUT2D eigenvalue weighted by atomic mass is 10.0. The third kappa shape index (κ3) is 4.38. The molecule has 7 heteroatoms. The van der Waals surface area contributed by atoms with E-state index in [1.54, 1.807) is 0 Å². The number of halogens is 1. The van der Waals surface area contributed by atoms with Gasteiger partial charge in [0.2, 0.25) is 0 Å². The van der Waals surface area contributed by atoms with E-state index in [1.165, 1.54) is 26.2 Å². The summed E-state index contributed by atoms with van der Waals surface area (Å²) in [5, 5.41) is 29.3. The molecule has 0 bridgehead atoms. The van der Waals surface area contributed by atoms with Crippen LogP contribution in [0.25, 0.3) is 0 Å². The first-order valence-corrected chi connectivity index (χ1v) is 7.20. The van der Waals surface area contributed by atoms with Crippen LogP contribution in [-0.4, -0.2) is 39.4 Å². The number of hydrogen-bond acceptors (Lipinski definition) is 6. The first-order chi connectivity index (χ1) is 8.86. The number of phenolic OH excluding ortho intramolecular Hbond substituents is 1. The number of aliphatic hydroxyl groups excluding tert-OH is 2. The smallest absolute Gasteiger partial charge is 0.185 e. The highest BCUT2D eigenvalue weighted by molar-refractivity contribution is 9.10. The van der Waals surface area contributed by atoms with Crippen molar-refractivity contribution >= 4 is 32.8 Å². The second-order valence-electron chi connectivity index (χ2n) is 3.86. The second kappa shape index (κ2) is 7.14. The molecule has 1 aromatic carbocycles. The van der Waals surface area contributed by atoms with E-state index in [-0.39, 0.29) is 22.4 Å². The summed E-state index contributed by atoms with van der Waals surface area (Å²) < 4.78 is 5.40. The zero-order valence-electron chi connectivity index (χ0n) is 10.5. The number of carbonyl (C=O) groups is 1. The minimum atomic E-state index is -1.18. The zero-order chi connectivity index (χ0) is 14.6. The van der Waals surface area contributed by atoms with Crippen LogP contribution in [0, 0.1) is 0 Å². The number of thioether (sulfide) groups is 1. The number of benzene rings is 1. The molecule has 0 aromatic heterocycles. The van der Waals surface area contributed by atoms with Crippen LogP contribution in [-0.2, 0) is 4.79 Å². The van der Waals surface area contributed by atoms with Crippen LogP contribution in [0.5, 0.6) is 11.5 Å². The number of methoxy groups -OCH3 is 1. The predicted octanol–water partition coefficient (Wildman–Crippen LogP) is 1.84. The fourth-order valence-corrected chi connectivity index (χ4v) is 2.60. The van der Waals surface area contributed by atoms with Crippen molar-refractivity contribution in [2.75, 3.05) is 12.9 Å². The van der Waals surface area contributed by atoms with Gasteiger partial charge in [-0.25, -0.2) is 0 Å². The van der Waals surface area contributed by atoms with Gasteiger partial charge in [0.15, 0.2) is 16.6 Å². The topological polar surface area (TPSA) is 87.0 Å². The van der Waals surface area contributed by atoms with Crippen LogP contribution < -0.4 is 4.74 Å². The fourth-order valence-electron chi connectivity index (χ4n) is 1.45. The first kappa shape index (κ1) is 16.3. The monoisotopic (exact) mass is 350 g/mol. The van der Waals surface area contributed by atoms with Crippen LogP contribution in [0.4, 0.5) is 0 Å². The van der Waals surface area contributed by atoms with Gasteiger partial charge in [-0.1, -0.05) is 27.7 Å². The normalized spacial score (nSPS) is 13.9. The predicted molar refractivity (Wildman–Crippen MR) is 76.5 cm³/mol. The van der Waals surface area contributed by atoms with Crippen LogP contribution >= 0.6 is 27.7 Å². The summed E-state index contributed by atoms with van der Waals surface area (Å²) in [4.78, 5) is 10.8. The van der Waals surface area contributed by atoms with Crippen molar-refractivity contribution in [3.05, 3.63) is 22.2 Å². The van der Waals surface area contributed by atoms with E-state index in [2.05, 4.69) is 15.9 Å². The molecule has 5 nitrogen and oxygen atoms in total. The van der Waals surface area contributed by atoms with Gasteiger partial charge in [-0.05, 0) is 12.1 Å². The average Bonchev–Trinajstić information content (AvgIpc) is 2.35. The zero-order valence-corrected chi connectivity index (χ0v) is 12.9. The number of ether oxygens (including phenoxy) is 1. The Kier molecular flexibility index (Phi) is 6.12. The highest BCUT2D eigenvalue weighted by atomic mass is 79.9. The number of phenols is 1. The molecule has 0 aliphatic rings. The van der Waals surface area contributed by atoms with Gasteiger partial charge < -0.3 is 20.1 Å². The molecular weight excluding hydrogens is 336 g/mol. The molecule has 0 aliphatic carbocycles. The standard InChI is InChI=1S/C12H15BrO5S/c1-6(14)19-5-10(16)12(17)7-3-11(18-2)9(15)4-8(7)13/h3-4,10,12,15-17H,5H2,1-2H3. The molecular formula is C12H15BrO5S. The average molecular weight is 351 g/mol. The summed E-state index contributed by atoms with van der Waals surface area (Å²) in [6, 6.07) is 2.81. The summed E-state index contributed by atoms with van der Waals surface area (Å²) in [6.45, 7) is 1.39. The van der Waals surface area contributed by atoms with Crippen LogP contribution in [0.1, 0.15) is 18.6 Å². The summed E-state index contributed by atoms with van der Waals surface area (Å²) >= 11 is 4.14. The maximum atomic E-state index is 10.8. The van der Waals surface area contributed by atoms with Crippen molar-refractivity contribution in [2.24, 2.45) is 0 Å². The molecule has 1 rings (SSSR count). The minimum absolute atomic E-state index is 0.0714. The number of hydrogen-bond donors (Lipinski definition) is 3. The third-order valence-electron chi connectivity index (χ3n) is 2.44. The van der Waals surface area contributed by atoms with Gasteiger partial charge in [-0.3, -0.25) is 4.79 Å². The van der Waals surface area contributed by atoms with Gasteiger partial charge in [-0.2, -0.15) is 0 Å². The van der Waals surface area contributed by atoms with Gasteiger partial charge in [0.05, 0.1) is 13.2 Å². The molecule has 19 heavy (non-hydrogen) atoms. The highest BCUT2D eigenvalue weighted by Crippen LogP contribution is 2.36. The Morgan fingerprint density at radius 1 is 1.47 bits per heavy atom. The molecule has 0 saturated heterocycles. The van der Waals surface area contributed by atoms with Crippen molar-refractivity contribution in [3.63, 3.8) is 0 Å². The van der Waals surface area contributed by atoms with E-state index in [0.717, 1.165) is 11.8 Å². The highest BCUT2D eigenvalue weighted by Gasteiger charge is 2.23. The quantitative estimate of drug-likeness (QED) is 0.750. The SMILES string of the molecule is COc1cc(C(O)C(O)CSC(C)=O)c(Br)cc1O. The Hall–Kier alpha value is -0.760. The maximum absolute atomic E-state index is 10.8. The van der Waals surface area contributed by atoms with Crippen molar-refractivity contribution in [1.29, 1.82) is 0 Å². The molecule has 0 saturated carbocycles. The van der Waals surface area contributed by atoms with Crippen molar-refractivity contribution in [1.82, 2.24) is 0 Å². The largest absolute Gasteiger partial charge is 0.504 e. The van der Waals surface area contributed by atoms with E-state index in [0.29, 0.717) is 10.0 Å². The lowest BCUT2D eigenvalue weighted by Gasteiger charge is -2.19. The van der Waals surface area contributed by atoms with E-state index in [4.69, 9.17) is 4.74 Å². The molecule has 1 aromatic rings. The van der Waals surface area contributed by atoms with E-state index >= 15 is 0 Å². The maximum Gasteiger partial charge on any atom is 0.185 e. The Balaban J connectivity index is 2.92. The molecule has 0 amide bonds. The van der Waals surface area contributed by atoms with Gasteiger partial charge >= 0.3 is 0 Å². The number of aliphatic hydroxyl groups is 2. The number of rotatable bonds is 5. The van der Waals surface area contributed by atoms with Crippen LogP contribution in [0.3, 0.4) is 0 Å². The molecule has 106 valence electrons. The fraction of sp³-hybridized carbons (Fsp3) is 0.417. The van der Waals surface area contributed by atoms with Gasteiger partial charge in [0, 0.05) is 22.7 Å². The molecule has 2 unspecified atom stereocenters. The minimum Gasteiger partial charge on any atom is -0.504 e. The Morgan fingerprint density at radius 2 is 2.11 bits per heavy atom. The third-order valence-corrected chi connectivity index (χ3v) is 4.04. The van der Waals surface area contributed by atoms with Gasteiger partial charge in [-0.15, -0.1) is 0 Å². The van der Waals surface area contributed by atoms with Crippen LogP contribution in [0.15, 0.2) is 16.6 Å². The molecule has 0 aliphatic heterocycles. The van der Waals surface area contributed by atoms with Crippen molar-refractivity contribution in [2.45, 2.75) is 19.1 Å². The van der Waals surface area contributed by atoms with Gasteiger partial charge in [0.1, 0.15) is 6.10 Å². The molecule has 3 N–H and O–H groups in total. The molecule has 0 heterocycles. The van der Waals surface area contributed by atoms with E-state index in [9.17, 15) is 20.1 Å². The second-order valence-corrected chi connectivity index (χ2v) is 5.91. The summed E-state index contributed by atoms with van der Waals surface area (Å²) in [6.07, 6.45) is -2.28. The van der Waals surface area contributed by atoms with E-state index in [1.807, 2.05) is 0 Å². The molecule has 0 spiro atoms. The first-order valence-electron chi connectivity index (χ1n) is 5.42. The summed E-state index contributed by atoms with van der Waals surface area (Å²) in [5.74, 6) is 0.216. The Morgan fingerprint density at radius 3 is 2.63 bits per heavy atom. The lowest BCUT2D eigenvalue weighted by Crippen LogP contribution is -2.21. The van der Waals surface area contributed by atoms with Crippen molar-refractivity contribution in [3.8, 4) is 11.5 Å². The number of carbonyl (C=O) groups excluding carboxylic acids is 1. The lowest BCUT2D eigenvalue weighted by molar-refractivity contribution is -0.109. The Labute approximate surface area is 123 Å². The van der Waals surface area contributed by atoms with E-state index < -0.39 is 12.2 Å². The van der Waals surface area contributed by atoms with Crippen LogP contribution in [0.2, 0.25) is 0 Å². The Bertz CT molecular complexity index is 466. The molecule has 0 fully saturated rings. The van der Waals surface area contributed by atoms with Crippen molar-refractivity contribution < 1.29 is 24.9 Å². The molecule has 0 radical (unpaired) electrons.